The van der Waals surface area contributed by atoms with E-state index >= 15 is 0 Å². The van der Waals surface area contributed by atoms with Gasteiger partial charge < -0.3 is 11.1 Å². The van der Waals surface area contributed by atoms with Crippen LogP contribution in [0.15, 0.2) is 30.3 Å². The van der Waals surface area contributed by atoms with Gasteiger partial charge in [-0.2, -0.15) is 0 Å². The van der Waals surface area contributed by atoms with Crippen molar-refractivity contribution in [3.05, 3.63) is 35.9 Å². The highest BCUT2D eigenvalue weighted by atomic mass is 35.5. The molecule has 3 unspecified atom stereocenters. The third kappa shape index (κ3) is 4.71. The lowest BCUT2D eigenvalue weighted by Gasteiger charge is -2.30. The van der Waals surface area contributed by atoms with E-state index in [9.17, 15) is 4.79 Å². The Morgan fingerprint density at radius 2 is 1.74 bits per heavy atom. The highest BCUT2D eigenvalue weighted by molar-refractivity contribution is 5.85. The van der Waals surface area contributed by atoms with Gasteiger partial charge in [0.15, 0.2) is 0 Å². The molecule has 0 aromatic heterocycles. The molecule has 2 saturated carbocycles. The number of benzene rings is 1. The first-order chi connectivity index (χ1) is 10.7. The van der Waals surface area contributed by atoms with Gasteiger partial charge in [0.2, 0.25) is 5.91 Å². The number of nitrogens with one attached hydrogen (secondary N) is 1. The molecule has 2 fully saturated rings. The topological polar surface area (TPSA) is 55.1 Å². The van der Waals surface area contributed by atoms with E-state index in [-0.39, 0.29) is 36.3 Å². The Balaban J connectivity index is 0.00000192. The highest BCUT2D eigenvalue weighted by Gasteiger charge is 2.31. The molecule has 2 aliphatic rings. The number of hydrogen-bond acceptors (Lipinski definition) is 2. The van der Waals surface area contributed by atoms with Crippen LogP contribution in [-0.2, 0) is 4.79 Å². The summed E-state index contributed by atoms with van der Waals surface area (Å²) in [5.41, 5.74) is 7.30. The molecular weight excluding hydrogens is 308 g/mol. The van der Waals surface area contributed by atoms with E-state index < -0.39 is 0 Å². The van der Waals surface area contributed by atoms with Crippen molar-refractivity contribution in [2.45, 2.75) is 63.5 Å². The molecular formula is C19H29ClN2O. The minimum atomic E-state index is 0. The average molecular weight is 337 g/mol. The Morgan fingerprint density at radius 1 is 1.04 bits per heavy atom. The summed E-state index contributed by atoms with van der Waals surface area (Å²) in [5, 5.41) is 3.37. The normalized spacial score (nSPS) is 26.3. The van der Waals surface area contributed by atoms with Crippen LogP contribution in [0.5, 0.6) is 0 Å². The van der Waals surface area contributed by atoms with Crippen molar-refractivity contribution >= 4 is 18.3 Å². The molecule has 0 aliphatic heterocycles. The summed E-state index contributed by atoms with van der Waals surface area (Å²) < 4.78 is 0. The van der Waals surface area contributed by atoms with E-state index in [2.05, 4.69) is 29.6 Å². The first-order valence-electron chi connectivity index (χ1n) is 8.85. The average Bonchev–Trinajstić information content (AvgIpc) is 3.07. The van der Waals surface area contributed by atoms with Crippen LogP contribution in [0, 0.1) is 11.8 Å². The van der Waals surface area contributed by atoms with Crippen LogP contribution in [0.1, 0.15) is 63.0 Å². The third-order valence-corrected chi connectivity index (χ3v) is 5.41. The summed E-state index contributed by atoms with van der Waals surface area (Å²) in [4.78, 5) is 12.7. The number of amides is 1. The predicted molar refractivity (Wildman–Crippen MR) is 96.5 cm³/mol. The van der Waals surface area contributed by atoms with E-state index in [1.807, 2.05) is 6.07 Å². The minimum absolute atomic E-state index is 0. The molecule has 0 bridgehead atoms. The van der Waals surface area contributed by atoms with Crippen molar-refractivity contribution in [3.8, 4) is 0 Å². The second kappa shape index (κ2) is 8.70. The number of carbonyl (C=O) groups excluding carboxylic acids is 1. The van der Waals surface area contributed by atoms with Gasteiger partial charge in [-0.05, 0) is 43.6 Å². The summed E-state index contributed by atoms with van der Waals surface area (Å²) in [6.45, 7) is 0. The lowest BCUT2D eigenvalue weighted by molar-refractivity contribution is -0.127. The molecule has 23 heavy (non-hydrogen) atoms. The maximum atomic E-state index is 12.7. The Morgan fingerprint density at radius 3 is 2.39 bits per heavy atom. The second-order valence-electron chi connectivity index (χ2n) is 7.07. The van der Waals surface area contributed by atoms with Crippen LogP contribution in [0.3, 0.4) is 0 Å². The van der Waals surface area contributed by atoms with Gasteiger partial charge >= 0.3 is 0 Å². The zero-order chi connectivity index (χ0) is 15.4. The fourth-order valence-corrected chi connectivity index (χ4v) is 4.16. The van der Waals surface area contributed by atoms with Crippen molar-refractivity contribution in [3.63, 3.8) is 0 Å². The first-order valence-corrected chi connectivity index (χ1v) is 8.85. The van der Waals surface area contributed by atoms with E-state index in [1.54, 1.807) is 0 Å². The molecule has 2 aliphatic carbocycles. The number of carbonyl (C=O) groups is 1. The number of halogens is 1. The SMILES string of the molecule is Cl.NC1CCCC(C(=O)NC(c2ccccc2)C2CCCC2)C1. The quantitative estimate of drug-likeness (QED) is 0.874. The highest BCUT2D eigenvalue weighted by Crippen LogP contribution is 2.36. The van der Waals surface area contributed by atoms with Gasteiger partial charge in [0.25, 0.3) is 0 Å². The zero-order valence-corrected chi connectivity index (χ0v) is 14.6. The van der Waals surface area contributed by atoms with Gasteiger partial charge in [0, 0.05) is 12.0 Å². The molecule has 0 saturated heterocycles. The molecule has 3 N–H and O–H groups in total. The Bertz CT molecular complexity index is 487. The molecule has 1 amide bonds. The maximum absolute atomic E-state index is 12.7. The number of nitrogens with two attached hydrogens (primary N) is 1. The summed E-state index contributed by atoms with van der Waals surface area (Å²) in [5.74, 6) is 0.913. The van der Waals surface area contributed by atoms with E-state index in [1.165, 1.54) is 31.2 Å². The smallest absolute Gasteiger partial charge is 0.223 e. The summed E-state index contributed by atoms with van der Waals surface area (Å²) in [6, 6.07) is 10.9. The van der Waals surface area contributed by atoms with Gasteiger partial charge in [-0.1, -0.05) is 49.6 Å². The van der Waals surface area contributed by atoms with Crippen LogP contribution in [0.25, 0.3) is 0 Å². The second-order valence-corrected chi connectivity index (χ2v) is 7.07. The number of rotatable bonds is 4. The van der Waals surface area contributed by atoms with Gasteiger partial charge in [0.1, 0.15) is 0 Å². The Labute approximate surface area is 145 Å². The standard InChI is InChI=1S/C19H28N2O.ClH/c20-17-12-6-11-16(13-17)19(22)21-18(15-9-4-5-10-15)14-7-2-1-3-8-14;/h1-3,7-8,15-18H,4-6,9-13,20H2,(H,21,22);1H. The fraction of sp³-hybridized carbons (Fsp3) is 0.632. The summed E-state index contributed by atoms with van der Waals surface area (Å²) >= 11 is 0. The maximum Gasteiger partial charge on any atom is 0.223 e. The Hall–Kier alpha value is -1.06. The predicted octanol–water partition coefficient (Wildman–Crippen LogP) is 3.97. The summed E-state index contributed by atoms with van der Waals surface area (Å²) in [6.07, 6.45) is 9.02. The lowest BCUT2D eigenvalue weighted by Crippen LogP contribution is -2.41. The minimum Gasteiger partial charge on any atom is -0.349 e. The first kappa shape index (κ1) is 18.3. The van der Waals surface area contributed by atoms with Crippen LogP contribution in [0.4, 0.5) is 0 Å². The van der Waals surface area contributed by atoms with Crippen LogP contribution in [-0.4, -0.2) is 11.9 Å². The number of hydrogen-bond donors (Lipinski definition) is 2. The molecule has 0 radical (unpaired) electrons. The van der Waals surface area contributed by atoms with E-state index in [0.717, 1.165) is 25.7 Å². The van der Waals surface area contributed by atoms with Crippen molar-refractivity contribution in [1.82, 2.24) is 5.32 Å². The zero-order valence-electron chi connectivity index (χ0n) is 13.7. The molecule has 0 heterocycles. The Kier molecular flexibility index (Phi) is 6.91. The largest absolute Gasteiger partial charge is 0.349 e. The van der Waals surface area contributed by atoms with Gasteiger partial charge in [-0.15, -0.1) is 12.4 Å². The summed E-state index contributed by atoms with van der Waals surface area (Å²) in [7, 11) is 0. The molecule has 1 aromatic rings. The van der Waals surface area contributed by atoms with Crippen LogP contribution >= 0.6 is 12.4 Å². The molecule has 0 spiro atoms. The van der Waals surface area contributed by atoms with Gasteiger partial charge in [-0.3, -0.25) is 4.79 Å². The molecule has 1 aromatic carbocycles. The monoisotopic (exact) mass is 336 g/mol. The lowest BCUT2D eigenvalue weighted by atomic mass is 9.84. The van der Waals surface area contributed by atoms with Crippen LogP contribution in [0.2, 0.25) is 0 Å². The third-order valence-electron chi connectivity index (χ3n) is 5.41. The van der Waals surface area contributed by atoms with Crippen molar-refractivity contribution in [1.29, 1.82) is 0 Å². The molecule has 3 nitrogen and oxygen atoms in total. The molecule has 3 rings (SSSR count). The fourth-order valence-electron chi connectivity index (χ4n) is 4.16. The van der Waals surface area contributed by atoms with Crippen LogP contribution < -0.4 is 11.1 Å². The molecule has 4 heteroatoms. The van der Waals surface area contributed by atoms with Crippen molar-refractivity contribution < 1.29 is 4.79 Å². The van der Waals surface area contributed by atoms with Gasteiger partial charge in [-0.25, -0.2) is 0 Å². The van der Waals surface area contributed by atoms with E-state index in [4.69, 9.17) is 5.73 Å². The van der Waals surface area contributed by atoms with Crippen molar-refractivity contribution in [2.24, 2.45) is 17.6 Å². The van der Waals surface area contributed by atoms with Gasteiger partial charge in [0.05, 0.1) is 6.04 Å². The molecule has 128 valence electrons. The van der Waals surface area contributed by atoms with E-state index in [0.29, 0.717) is 5.92 Å². The molecule has 3 atom stereocenters. The van der Waals surface area contributed by atoms with Crippen molar-refractivity contribution in [2.75, 3.05) is 0 Å².